The van der Waals surface area contributed by atoms with Crippen molar-refractivity contribution in [1.29, 1.82) is 0 Å². The largest absolute Gasteiger partial charge is 0.464 e. The van der Waals surface area contributed by atoms with E-state index in [1.165, 1.54) is 25.7 Å². The lowest BCUT2D eigenvalue weighted by atomic mass is 9.91. The lowest BCUT2D eigenvalue weighted by Gasteiger charge is -2.23. The topological polar surface area (TPSA) is 29.5 Å². The zero-order valence-corrected chi connectivity index (χ0v) is 11.6. The van der Waals surface area contributed by atoms with Crippen LogP contribution in [0.2, 0.25) is 0 Å². The van der Waals surface area contributed by atoms with Gasteiger partial charge >= 0.3 is 5.97 Å². The summed E-state index contributed by atoms with van der Waals surface area (Å²) in [5.74, 6) is -0.0604. The molecule has 0 atom stereocenters. The van der Waals surface area contributed by atoms with Gasteiger partial charge in [-0.2, -0.15) is 0 Å². The molecule has 17 heavy (non-hydrogen) atoms. The van der Waals surface area contributed by atoms with Crippen molar-refractivity contribution >= 4 is 5.97 Å². The van der Waals surface area contributed by atoms with E-state index < -0.39 is 0 Å². The molecule has 0 radical (unpaired) electrons. The number of esters is 1. The van der Waals surface area contributed by atoms with Crippen molar-refractivity contribution in [2.45, 2.75) is 52.9 Å². The molecule has 1 saturated heterocycles. The molecule has 0 amide bonds. The van der Waals surface area contributed by atoms with Gasteiger partial charge in [-0.05, 0) is 46.2 Å². The lowest BCUT2D eigenvalue weighted by molar-refractivity contribution is -0.154. The van der Waals surface area contributed by atoms with Crippen LogP contribution in [0.4, 0.5) is 0 Å². The zero-order valence-electron chi connectivity index (χ0n) is 11.6. The number of likely N-dealkylation sites (tertiary alicyclic amines) is 1. The van der Waals surface area contributed by atoms with Gasteiger partial charge in [-0.15, -0.1) is 0 Å². The summed E-state index contributed by atoms with van der Waals surface area (Å²) in [5.41, 5.74) is -0.335. The van der Waals surface area contributed by atoms with E-state index in [1.54, 1.807) is 0 Å². The number of carbonyl (C=O) groups is 1. The van der Waals surface area contributed by atoms with Crippen LogP contribution < -0.4 is 0 Å². The van der Waals surface area contributed by atoms with Crippen molar-refractivity contribution in [2.24, 2.45) is 5.41 Å². The number of hydrogen-bond acceptors (Lipinski definition) is 3. The van der Waals surface area contributed by atoms with E-state index in [0.29, 0.717) is 6.61 Å². The summed E-state index contributed by atoms with van der Waals surface area (Å²) in [7, 11) is 0. The van der Waals surface area contributed by atoms with Gasteiger partial charge in [0.05, 0.1) is 5.41 Å². The normalized spacial score (nSPS) is 18.8. The molecule has 0 spiro atoms. The Bertz CT molecular complexity index is 230. The van der Waals surface area contributed by atoms with Gasteiger partial charge in [-0.25, -0.2) is 0 Å². The molecule has 0 bridgehead atoms. The van der Waals surface area contributed by atoms with E-state index in [-0.39, 0.29) is 11.4 Å². The second-order valence-electron chi connectivity index (χ2n) is 5.63. The summed E-state index contributed by atoms with van der Waals surface area (Å²) < 4.78 is 5.36. The highest BCUT2D eigenvalue weighted by molar-refractivity contribution is 5.75. The minimum atomic E-state index is -0.335. The Morgan fingerprint density at radius 1 is 1.18 bits per heavy atom. The molecule has 1 fully saturated rings. The standard InChI is InChI=1S/C14H27NO2/c1-4-14(2,3)13(16)17-12-11-15-9-7-5-6-8-10-15/h4-12H2,1-3H3. The van der Waals surface area contributed by atoms with Crippen molar-refractivity contribution in [3.05, 3.63) is 0 Å². The summed E-state index contributed by atoms with van der Waals surface area (Å²) >= 11 is 0. The van der Waals surface area contributed by atoms with E-state index in [9.17, 15) is 4.79 Å². The van der Waals surface area contributed by atoms with Crippen LogP contribution in [0.15, 0.2) is 0 Å². The van der Waals surface area contributed by atoms with E-state index in [0.717, 1.165) is 26.1 Å². The average Bonchev–Trinajstić information content (AvgIpc) is 2.57. The second-order valence-corrected chi connectivity index (χ2v) is 5.63. The molecule has 1 aliphatic heterocycles. The molecular formula is C14H27NO2. The van der Waals surface area contributed by atoms with Gasteiger partial charge in [0.1, 0.15) is 6.61 Å². The highest BCUT2D eigenvalue weighted by atomic mass is 16.5. The summed E-state index contributed by atoms with van der Waals surface area (Å²) in [6, 6.07) is 0. The number of carbonyl (C=O) groups excluding carboxylic acids is 1. The van der Waals surface area contributed by atoms with E-state index in [1.807, 2.05) is 20.8 Å². The first-order valence-corrected chi connectivity index (χ1v) is 6.96. The van der Waals surface area contributed by atoms with Crippen molar-refractivity contribution in [3.63, 3.8) is 0 Å². The van der Waals surface area contributed by atoms with Crippen molar-refractivity contribution in [2.75, 3.05) is 26.2 Å². The summed E-state index contributed by atoms with van der Waals surface area (Å²) in [5, 5.41) is 0. The minimum Gasteiger partial charge on any atom is -0.464 e. The summed E-state index contributed by atoms with van der Waals surface area (Å²) in [6.45, 7) is 9.68. The summed E-state index contributed by atoms with van der Waals surface area (Å²) in [4.78, 5) is 14.2. The SMILES string of the molecule is CCC(C)(C)C(=O)OCCN1CCCCCC1. The number of ether oxygens (including phenoxy) is 1. The second kappa shape index (κ2) is 7.00. The zero-order chi connectivity index (χ0) is 12.7. The molecule has 0 aromatic rings. The highest BCUT2D eigenvalue weighted by Gasteiger charge is 2.26. The predicted octanol–water partition coefficient (Wildman–Crippen LogP) is 2.84. The molecule has 0 aliphatic carbocycles. The maximum absolute atomic E-state index is 11.8. The van der Waals surface area contributed by atoms with Crippen molar-refractivity contribution in [1.82, 2.24) is 4.90 Å². The molecular weight excluding hydrogens is 214 g/mol. The first-order valence-electron chi connectivity index (χ1n) is 6.96. The number of hydrogen-bond donors (Lipinski definition) is 0. The van der Waals surface area contributed by atoms with Gasteiger partial charge in [0, 0.05) is 6.54 Å². The first kappa shape index (κ1) is 14.5. The first-order chi connectivity index (χ1) is 8.06. The van der Waals surface area contributed by atoms with Crippen LogP contribution in [0.3, 0.4) is 0 Å². The van der Waals surface area contributed by atoms with E-state index >= 15 is 0 Å². The molecule has 3 nitrogen and oxygen atoms in total. The van der Waals surface area contributed by atoms with Gasteiger partial charge in [0.25, 0.3) is 0 Å². The number of rotatable bonds is 5. The van der Waals surface area contributed by atoms with E-state index in [4.69, 9.17) is 4.74 Å². The maximum atomic E-state index is 11.8. The van der Waals surface area contributed by atoms with Crippen LogP contribution in [0.25, 0.3) is 0 Å². The Balaban J connectivity index is 2.20. The minimum absolute atomic E-state index is 0.0604. The highest BCUT2D eigenvalue weighted by Crippen LogP contribution is 2.21. The van der Waals surface area contributed by atoms with Gasteiger partial charge in [0.15, 0.2) is 0 Å². The molecule has 1 heterocycles. The molecule has 100 valence electrons. The number of nitrogens with zero attached hydrogens (tertiary/aromatic N) is 1. The quantitative estimate of drug-likeness (QED) is 0.693. The van der Waals surface area contributed by atoms with Crippen LogP contribution >= 0.6 is 0 Å². The third-order valence-electron chi connectivity index (χ3n) is 3.78. The maximum Gasteiger partial charge on any atom is 0.311 e. The summed E-state index contributed by atoms with van der Waals surface area (Å²) in [6.07, 6.45) is 6.09. The Hall–Kier alpha value is -0.570. The van der Waals surface area contributed by atoms with Crippen LogP contribution in [-0.2, 0) is 9.53 Å². The fourth-order valence-electron chi connectivity index (χ4n) is 1.97. The third-order valence-corrected chi connectivity index (χ3v) is 3.78. The molecule has 0 N–H and O–H groups in total. The van der Waals surface area contributed by atoms with E-state index in [2.05, 4.69) is 4.90 Å². The van der Waals surface area contributed by atoms with Crippen LogP contribution in [0, 0.1) is 5.41 Å². The van der Waals surface area contributed by atoms with Crippen molar-refractivity contribution < 1.29 is 9.53 Å². The predicted molar refractivity (Wildman–Crippen MR) is 69.9 cm³/mol. The van der Waals surface area contributed by atoms with Gasteiger partial charge in [-0.1, -0.05) is 19.8 Å². The van der Waals surface area contributed by atoms with Crippen LogP contribution in [-0.4, -0.2) is 37.1 Å². The third kappa shape index (κ3) is 5.07. The Kier molecular flexibility index (Phi) is 5.96. The van der Waals surface area contributed by atoms with Gasteiger partial charge in [0.2, 0.25) is 0 Å². The Morgan fingerprint density at radius 3 is 2.29 bits per heavy atom. The monoisotopic (exact) mass is 241 g/mol. The lowest BCUT2D eigenvalue weighted by Crippen LogP contribution is -2.32. The molecule has 1 rings (SSSR count). The van der Waals surface area contributed by atoms with Crippen LogP contribution in [0.1, 0.15) is 52.9 Å². The Morgan fingerprint density at radius 2 is 1.76 bits per heavy atom. The average molecular weight is 241 g/mol. The molecule has 0 aromatic carbocycles. The van der Waals surface area contributed by atoms with Crippen molar-refractivity contribution in [3.8, 4) is 0 Å². The smallest absolute Gasteiger partial charge is 0.311 e. The fraction of sp³-hybridized carbons (Fsp3) is 0.929. The molecule has 0 unspecified atom stereocenters. The molecule has 0 saturated carbocycles. The van der Waals surface area contributed by atoms with Gasteiger partial charge in [-0.3, -0.25) is 9.69 Å². The molecule has 3 heteroatoms. The van der Waals surface area contributed by atoms with Gasteiger partial charge < -0.3 is 4.74 Å². The fourth-order valence-corrected chi connectivity index (χ4v) is 1.97. The molecule has 1 aliphatic rings. The Labute approximate surface area is 106 Å². The van der Waals surface area contributed by atoms with Crippen LogP contribution in [0.5, 0.6) is 0 Å². The molecule has 0 aromatic heterocycles.